The molecule has 1 heterocycles. The molecule has 2 aromatic rings. The minimum Gasteiger partial charge on any atom is -0.507 e. The van der Waals surface area contributed by atoms with Crippen LogP contribution in [0.3, 0.4) is 0 Å². The van der Waals surface area contributed by atoms with E-state index in [2.05, 4.69) is 0 Å². The quantitative estimate of drug-likeness (QED) is 0.327. The van der Waals surface area contributed by atoms with Gasteiger partial charge in [-0.25, -0.2) is 0 Å². The number of nitrogens with two attached hydrogens (primary N) is 1. The third-order valence-electron chi connectivity index (χ3n) is 7.03. The summed E-state index contributed by atoms with van der Waals surface area (Å²) in [6.45, 7) is 3.22. The van der Waals surface area contributed by atoms with Crippen molar-refractivity contribution in [3.63, 3.8) is 0 Å². The predicted octanol–water partition coefficient (Wildman–Crippen LogP) is 1.87. The van der Waals surface area contributed by atoms with Gasteiger partial charge in [0.15, 0.2) is 17.9 Å². The highest BCUT2D eigenvalue weighted by atomic mass is 35.5. The van der Waals surface area contributed by atoms with E-state index in [1.165, 1.54) is 12.1 Å². The lowest BCUT2D eigenvalue weighted by atomic mass is 9.73. The van der Waals surface area contributed by atoms with E-state index >= 15 is 0 Å². The number of phenolic OH excluding ortho intramolecular Hbond substituents is 2. The summed E-state index contributed by atoms with van der Waals surface area (Å²) in [4.78, 5) is 26.5. The Morgan fingerprint density at radius 1 is 1.09 bits per heavy atom. The molecule has 0 aromatic heterocycles. The number of carbonyl (C=O) groups is 2. The molecule has 10 heteroatoms. The van der Waals surface area contributed by atoms with Crippen LogP contribution in [0.25, 0.3) is 0 Å². The highest BCUT2D eigenvalue weighted by molar-refractivity contribution is 6.30. The van der Waals surface area contributed by atoms with Crippen molar-refractivity contribution in [3.05, 3.63) is 57.6 Å². The van der Waals surface area contributed by atoms with Crippen LogP contribution in [0.1, 0.15) is 75.8 Å². The number of aliphatic hydroxyl groups is 2. The standard InChI is InChI=1S/C25H27NO8.ClH/c1-10-20(27)14(26)7-16(33-10)34-15-9-25(2,32)8-13-17(15)24(31)19-18(23(13)30)21(28)11-5-3-4-6-12(11)22(19)29;/h3-6,10,14-16,20,27,30-32H,7-9,26H2,1-2H3;1H/t10-,14+,15+,16+,20+,25?;/m1./s1. The molecule has 5 rings (SSSR count). The molecule has 35 heavy (non-hydrogen) atoms. The van der Waals surface area contributed by atoms with Crippen molar-refractivity contribution in [1.29, 1.82) is 0 Å². The van der Waals surface area contributed by atoms with Gasteiger partial charge in [-0.15, -0.1) is 12.4 Å². The first-order valence-corrected chi connectivity index (χ1v) is 11.3. The van der Waals surface area contributed by atoms with Crippen molar-refractivity contribution in [1.82, 2.24) is 0 Å². The predicted molar refractivity (Wildman–Crippen MR) is 126 cm³/mol. The molecule has 3 aliphatic rings. The van der Waals surface area contributed by atoms with Crippen molar-refractivity contribution in [2.24, 2.45) is 5.73 Å². The van der Waals surface area contributed by atoms with Crippen LogP contribution in [0.15, 0.2) is 24.3 Å². The van der Waals surface area contributed by atoms with Crippen molar-refractivity contribution >= 4 is 24.0 Å². The zero-order valence-electron chi connectivity index (χ0n) is 19.2. The lowest BCUT2D eigenvalue weighted by molar-refractivity contribution is -0.247. The van der Waals surface area contributed by atoms with Crippen LogP contribution >= 0.6 is 12.4 Å². The first-order chi connectivity index (χ1) is 16.0. The Kier molecular flexibility index (Phi) is 6.46. The van der Waals surface area contributed by atoms with E-state index in [1.807, 2.05) is 0 Å². The highest BCUT2D eigenvalue weighted by Crippen LogP contribution is 2.51. The van der Waals surface area contributed by atoms with Gasteiger partial charge in [0, 0.05) is 47.6 Å². The number of rotatable bonds is 2. The van der Waals surface area contributed by atoms with Crippen LogP contribution in [-0.2, 0) is 15.9 Å². The molecule has 1 unspecified atom stereocenters. The third kappa shape index (κ3) is 4.02. The van der Waals surface area contributed by atoms with Crippen LogP contribution in [0.2, 0.25) is 0 Å². The van der Waals surface area contributed by atoms with Gasteiger partial charge in [0.25, 0.3) is 0 Å². The van der Waals surface area contributed by atoms with Gasteiger partial charge in [-0.2, -0.15) is 0 Å². The number of aliphatic hydroxyl groups excluding tert-OH is 1. The molecular weight excluding hydrogens is 478 g/mol. The van der Waals surface area contributed by atoms with Gasteiger partial charge >= 0.3 is 0 Å². The molecule has 0 spiro atoms. The number of ketones is 2. The topological polar surface area (TPSA) is 160 Å². The maximum absolute atomic E-state index is 13.3. The average molecular weight is 506 g/mol. The molecule has 1 fully saturated rings. The lowest BCUT2D eigenvalue weighted by Gasteiger charge is -2.41. The summed E-state index contributed by atoms with van der Waals surface area (Å²) in [7, 11) is 0. The van der Waals surface area contributed by atoms with Gasteiger partial charge in [-0.3, -0.25) is 9.59 Å². The van der Waals surface area contributed by atoms with E-state index in [-0.39, 0.29) is 65.1 Å². The van der Waals surface area contributed by atoms with Gasteiger partial charge in [0.1, 0.15) is 11.5 Å². The Bertz CT molecular complexity index is 1200. The second-order valence-electron chi connectivity index (χ2n) is 9.71. The van der Waals surface area contributed by atoms with E-state index in [0.717, 1.165) is 0 Å². The van der Waals surface area contributed by atoms with Crippen molar-refractivity contribution in [2.45, 2.75) is 69.4 Å². The van der Waals surface area contributed by atoms with Gasteiger partial charge < -0.3 is 35.6 Å². The molecule has 2 aliphatic carbocycles. The molecule has 1 saturated heterocycles. The molecule has 0 amide bonds. The summed E-state index contributed by atoms with van der Waals surface area (Å²) in [6.07, 6.45) is -3.13. The van der Waals surface area contributed by atoms with Crippen LogP contribution in [0.5, 0.6) is 11.5 Å². The zero-order chi connectivity index (χ0) is 24.5. The minimum atomic E-state index is -1.34. The van der Waals surface area contributed by atoms with Gasteiger partial charge in [0.05, 0.1) is 35.0 Å². The largest absolute Gasteiger partial charge is 0.507 e. The summed E-state index contributed by atoms with van der Waals surface area (Å²) in [5.41, 5.74) is 4.68. The molecule has 1 aliphatic heterocycles. The number of ether oxygens (including phenoxy) is 2. The first kappa shape index (κ1) is 25.6. The van der Waals surface area contributed by atoms with E-state index in [0.29, 0.717) is 0 Å². The summed E-state index contributed by atoms with van der Waals surface area (Å²) in [5, 5.41) is 43.4. The van der Waals surface area contributed by atoms with Gasteiger partial charge in [-0.05, 0) is 13.8 Å². The molecule has 0 saturated carbocycles. The Hall–Kier alpha value is -2.53. The SMILES string of the molecule is C[C@H]1O[C@@H](O[C@H]2CC(C)(O)Cc3c(O)c4c(c(O)c32)C(=O)c2ccccc2C4=O)C[C@H](N)[C@H]1O.Cl. The van der Waals surface area contributed by atoms with E-state index in [9.17, 15) is 30.0 Å². The summed E-state index contributed by atoms with van der Waals surface area (Å²) in [6, 6.07) is 5.63. The zero-order valence-corrected chi connectivity index (χ0v) is 20.0. The molecular formula is C25H28ClNO8. The Morgan fingerprint density at radius 3 is 2.23 bits per heavy atom. The van der Waals surface area contributed by atoms with E-state index in [4.69, 9.17) is 15.2 Å². The minimum absolute atomic E-state index is 0. The monoisotopic (exact) mass is 505 g/mol. The van der Waals surface area contributed by atoms with Gasteiger partial charge in [0.2, 0.25) is 0 Å². The summed E-state index contributed by atoms with van der Waals surface area (Å²) < 4.78 is 11.8. The maximum atomic E-state index is 13.3. The molecule has 2 aromatic carbocycles. The highest BCUT2D eigenvalue weighted by Gasteiger charge is 2.45. The normalized spacial score (nSPS) is 31.7. The summed E-state index contributed by atoms with van der Waals surface area (Å²) >= 11 is 0. The second-order valence-corrected chi connectivity index (χ2v) is 9.71. The number of carbonyl (C=O) groups excluding carboxylic acids is 2. The molecule has 0 bridgehead atoms. The van der Waals surface area contributed by atoms with Gasteiger partial charge in [-0.1, -0.05) is 24.3 Å². The fourth-order valence-corrected chi connectivity index (χ4v) is 5.34. The number of phenols is 2. The third-order valence-corrected chi connectivity index (χ3v) is 7.03. The molecule has 188 valence electrons. The molecule has 6 N–H and O–H groups in total. The maximum Gasteiger partial charge on any atom is 0.198 e. The number of fused-ring (bicyclic) bond motifs is 3. The number of benzene rings is 2. The van der Waals surface area contributed by atoms with Crippen LogP contribution in [-0.4, -0.2) is 62.1 Å². The second kappa shape index (κ2) is 8.85. The first-order valence-electron chi connectivity index (χ1n) is 11.3. The number of aromatic hydroxyl groups is 2. The number of halogens is 1. The van der Waals surface area contributed by atoms with Crippen molar-refractivity contribution < 1.29 is 39.5 Å². The number of hydrogen-bond donors (Lipinski definition) is 5. The Balaban J connectivity index is 0.00000289. The Labute approximate surface area is 207 Å². The average Bonchev–Trinajstić information content (AvgIpc) is 2.77. The van der Waals surface area contributed by atoms with Crippen LogP contribution < -0.4 is 5.73 Å². The summed E-state index contributed by atoms with van der Waals surface area (Å²) in [5.74, 6) is -2.06. The van der Waals surface area contributed by atoms with Crippen molar-refractivity contribution in [3.8, 4) is 11.5 Å². The number of hydrogen-bond acceptors (Lipinski definition) is 9. The molecule has 6 atom stereocenters. The lowest BCUT2D eigenvalue weighted by Crippen LogP contribution is -2.52. The molecule has 9 nitrogen and oxygen atoms in total. The van der Waals surface area contributed by atoms with E-state index in [1.54, 1.807) is 26.0 Å². The van der Waals surface area contributed by atoms with E-state index < -0.39 is 59.3 Å². The fraction of sp³-hybridized carbons (Fsp3) is 0.440. The molecule has 0 radical (unpaired) electrons. The van der Waals surface area contributed by atoms with Crippen LogP contribution in [0, 0.1) is 0 Å². The Morgan fingerprint density at radius 2 is 1.66 bits per heavy atom. The van der Waals surface area contributed by atoms with Crippen molar-refractivity contribution in [2.75, 3.05) is 0 Å². The fourth-order valence-electron chi connectivity index (χ4n) is 5.34. The van der Waals surface area contributed by atoms with Crippen LogP contribution in [0.4, 0.5) is 0 Å². The smallest absolute Gasteiger partial charge is 0.198 e.